The Balaban J connectivity index is 1.30. The van der Waals surface area contributed by atoms with Gasteiger partial charge in [0, 0.05) is 37.7 Å². The van der Waals surface area contributed by atoms with Crippen molar-refractivity contribution in [3.05, 3.63) is 54.0 Å². The summed E-state index contributed by atoms with van der Waals surface area (Å²) in [6.45, 7) is 4.11. The maximum atomic E-state index is 13.0. The molecule has 3 aromatic rings. The van der Waals surface area contributed by atoms with E-state index in [2.05, 4.69) is 20.1 Å². The second-order valence-electron chi connectivity index (χ2n) is 7.73. The summed E-state index contributed by atoms with van der Waals surface area (Å²) in [7, 11) is 0. The lowest BCUT2D eigenvalue weighted by atomic mass is 10.0. The van der Waals surface area contributed by atoms with Gasteiger partial charge in [-0.1, -0.05) is 0 Å². The van der Waals surface area contributed by atoms with E-state index in [0.29, 0.717) is 56.2 Å². The second kappa shape index (κ2) is 7.13. The highest BCUT2D eigenvalue weighted by Gasteiger charge is 2.45. The van der Waals surface area contributed by atoms with E-state index in [4.69, 9.17) is 4.74 Å². The zero-order valence-electron chi connectivity index (χ0n) is 16.6. The summed E-state index contributed by atoms with van der Waals surface area (Å²) in [5.74, 6) is -0.324. The molecule has 10 heteroatoms. The average molecular weight is 407 g/mol. The number of aryl methyl sites for hydroxylation is 1. The number of carbonyl (C=O) groups is 2. The molecule has 0 radical (unpaired) electrons. The van der Waals surface area contributed by atoms with Crippen LogP contribution in [-0.4, -0.2) is 84.6 Å². The monoisotopic (exact) mass is 407 g/mol. The van der Waals surface area contributed by atoms with Crippen LogP contribution in [0.4, 0.5) is 0 Å². The molecule has 2 aliphatic rings. The molecule has 10 nitrogen and oxygen atoms in total. The van der Waals surface area contributed by atoms with Crippen LogP contribution in [0, 0.1) is 6.92 Å². The summed E-state index contributed by atoms with van der Waals surface area (Å²) < 4.78 is 7.66. The highest BCUT2D eigenvalue weighted by atomic mass is 16.5. The van der Waals surface area contributed by atoms with Crippen molar-refractivity contribution < 1.29 is 14.3 Å². The third kappa shape index (κ3) is 3.28. The number of morpholine rings is 1. The molecule has 0 aromatic carbocycles. The molecule has 1 spiro atoms. The summed E-state index contributed by atoms with van der Waals surface area (Å²) in [5, 5.41) is 4.32. The third-order valence-corrected chi connectivity index (χ3v) is 5.59. The number of aromatic nitrogens is 5. The van der Waals surface area contributed by atoms with Gasteiger partial charge >= 0.3 is 0 Å². The van der Waals surface area contributed by atoms with Crippen molar-refractivity contribution in [2.24, 2.45) is 0 Å². The average Bonchev–Trinajstić information content (AvgIpc) is 3.38. The second-order valence-corrected chi connectivity index (χ2v) is 7.73. The topological polar surface area (TPSA) is 106 Å². The maximum absolute atomic E-state index is 13.0. The van der Waals surface area contributed by atoms with E-state index in [1.54, 1.807) is 45.0 Å². The highest BCUT2D eigenvalue weighted by molar-refractivity contribution is 5.94. The third-order valence-electron chi connectivity index (χ3n) is 5.59. The Morgan fingerprint density at radius 2 is 1.83 bits per heavy atom. The number of nitrogens with zero attached hydrogens (tertiary/aromatic N) is 7. The fourth-order valence-corrected chi connectivity index (χ4v) is 4.04. The molecule has 2 saturated heterocycles. The first-order valence-corrected chi connectivity index (χ1v) is 9.85. The lowest BCUT2D eigenvalue weighted by Crippen LogP contribution is -2.55. The molecule has 0 N–H and O–H groups in total. The van der Waals surface area contributed by atoms with Crippen LogP contribution >= 0.6 is 0 Å². The zero-order chi connectivity index (χ0) is 20.7. The van der Waals surface area contributed by atoms with Crippen LogP contribution < -0.4 is 0 Å². The first-order chi connectivity index (χ1) is 14.5. The van der Waals surface area contributed by atoms with Crippen LogP contribution in [0.2, 0.25) is 0 Å². The van der Waals surface area contributed by atoms with Gasteiger partial charge in [-0.25, -0.2) is 14.5 Å². The van der Waals surface area contributed by atoms with Gasteiger partial charge in [-0.15, -0.1) is 0 Å². The van der Waals surface area contributed by atoms with Gasteiger partial charge in [0.05, 0.1) is 31.6 Å². The minimum absolute atomic E-state index is 0.158. The molecule has 0 aliphatic carbocycles. The lowest BCUT2D eigenvalue weighted by molar-refractivity contribution is -0.0905. The van der Waals surface area contributed by atoms with Gasteiger partial charge < -0.3 is 14.5 Å². The maximum Gasteiger partial charge on any atom is 0.274 e. The van der Waals surface area contributed by atoms with Crippen molar-refractivity contribution >= 4 is 17.5 Å². The minimum atomic E-state index is -0.570. The number of likely N-dealkylation sites (tertiary alicyclic amines) is 1. The van der Waals surface area contributed by atoms with E-state index >= 15 is 0 Å². The first-order valence-electron chi connectivity index (χ1n) is 9.85. The van der Waals surface area contributed by atoms with Crippen molar-refractivity contribution in [2.45, 2.75) is 18.9 Å². The molecule has 0 saturated carbocycles. The zero-order valence-corrected chi connectivity index (χ0v) is 16.6. The summed E-state index contributed by atoms with van der Waals surface area (Å²) >= 11 is 0. The summed E-state index contributed by atoms with van der Waals surface area (Å²) in [5.41, 5.74) is 1.49. The number of amides is 2. The SMILES string of the molecule is Cc1cnc(C(=O)N2CCOC3(CCN(C(=O)c4cc5ncccn5n4)C3)C2)cn1. The Morgan fingerprint density at radius 3 is 2.60 bits per heavy atom. The summed E-state index contributed by atoms with van der Waals surface area (Å²) in [6.07, 6.45) is 7.17. The first kappa shape index (κ1) is 18.6. The van der Waals surface area contributed by atoms with Crippen molar-refractivity contribution in [1.29, 1.82) is 0 Å². The fraction of sp³-hybridized carbons (Fsp3) is 0.400. The molecule has 1 unspecified atom stereocenters. The largest absolute Gasteiger partial charge is 0.369 e. The summed E-state index contributed by atoms with van der Waals surface area (Å²) in [4.78, 5) is 41.9. The molecular weight excluding hydrogens is 386 g/mol. The smallest absolute Gasteiger partial charge is 0.274 e. The predicted molar refractivity (Wildman–Crippen MR) is 105 cm³/mol. The van der Waals surface area contributed by atoms with Crippen LogP contribution in [-0.2, 0) is 4.74 Å². The lowest BCUT2D eigenvalue weighted by Gasteiger charge is -2.40. The van der Waals surface area contributed by atoms with Gasteiger partial charge in [0.2, 0.25) is 0 Å². The predicted octanol–water partition coefficient (Wildman–Crippen LogP) is 0.585. The van der Waals surface area contributed by atoms with Gasteiger partial charge in [-0.2, -0.15) is 5.10 Å². The van der Waals surface area contributed by atoms with Gasteiger partial charge in [-0.3, -0.25) is 14.6 Å². The molecule has 3 aromatic heterocycles. The van der Waals surface area contributed by atoms with E-state index < -0.39 is 5.60 Å². The van der Waals surface area contributed by atoms with Gasteiger partial charge in [0.1, 0.15) is 11.3 Å². The van der Waals surface area contributed by atoms with Crippen LogP contribution in [0.25, 0.3) is 5.65 Å². The quantitative estimate of drug-likeness (QED) is 0.612. The minimum Gasteiger partial charge on any atom is -0.369 e. The molecule has 2 aliphatic heterocycles. The Hall–Kier alpha value is -3.40. The Morgan fingerprint density at radius 1 is 1.03 bits per heavy atom. The molecule has 5 rings (SSSR count). The van der Waals surface area contributed by atoms with Gasteiger partial charge in [-0.05, 0) is 19.4 Å². The van der Waals surface area contributed by atoms with Crippen LogP contribution in [0.15, 0.2) is 36.9 Å². The number of hydrogen-bond acceptors (Lipinski definition) is 7. The van der Waals surface area contributed by atoms with E-state index in [9.17, 15) is 9.59 Å². The molecule has 0 bridgehead atoms. The van der Waals surface area contributed by atoms with E-state index in [0.717, 1.165) is 5.69 Å². The standard InChI is InChI=1S/C20H21N7O3/c1-14-10-23-16(11-22-14)19(29)26-7-8-30-20(13-26)3-6-25(12-20)18(28)15-9-17-21-4-2-5-27(17)24-15/h2,4-5,9-11H,3,6-8,12-13H2,1H3. The molecule has 30 heavy (non-hydrogen) atoms. The normalized spacial score (nSPS) is 21.5. The van der Waals surface area contributed by atoms with Crippen molar-refractivity contribution in [3.63, 3.8) is 0 Å². The van der Waals surface area contributed by atoms with Crippen LogP contribution in [0.5, 0.6) is 0 Å². The molecule has 2 amide bonds. The van der Waals surface area contributed by atoms with Crippen molar-refractivity contribution in [3.8, 4) is 0 Å². The van der Waals surface area contributed by atoms with Gasteiger partial charge in [0.15, 0.2) is 11.3 Å². The number of hydrogen-bond donors (Lipinski definition) is 0. The number of rotatable bonds is 2. The van der Waals surface area contributed by atoms with E-state index in [1.165, 1.54) is 6.20 Å². The molecule has 1 atom stereocenters. The van der Waals surface area contributed by atoms with Gasteiger partial charge in [0.25, 0.3) is 11.8 Å². The number of fused-ring (bicyclic) bond motifs is 1. The van der Waals surface area contributed by atoms with E-state index in [1.807, 2.05) is 6.92 Å². The number of carbonyl (C=O) groups excluding carboxylic acids is 2. The van der Waals surface area contributed by atoms with Crippen molar-refractivity contribution in [2.75, 3.05) is 32.8 Å². The number of ether oxygens (including phenoxy) is 1. The molecule has 5 heterocycles. The molecule has 154 valence electrons. The molecule has 2 fully saturated rings. The van der Waals surface area contributed by atoms with Crippen LogP contribution in [0.3, 0.4) is 0 Å². The van der Waals surface area contributed by atoms with Crippen LogP contribution in [0.1, 0.15) is 33.1 Å². The Bertz CT molecular complexity index is 1080. The van der Waals surface area contributed by atoms with E-state index in [-0.39, 0.29) is 11.8 Å². The van der Waals surface area contributed by atoms with Crippen molar-refractivity contribution in [1.82, 2.24) is 34.4 Å². The Kier molecular flexibility index (Phi) is 4.43. The highest BCUT2D eigenvalue weighted by Crippen LogP contribution is 2.30. The fourth-order valence-electron chi connectivity index (χ4n) is 4.04. The molecular formula is C20H21N7O3. The summed E-state index contributed by atoms with van der Waals surface area (Å²) in [6, 6.07) is 3.44. The Labute approximate surface area is 172 Å².